The zero-order valence-electron chi connectivity index (χ0n) is 7.96. The highest BCUT2D eigenvalue weighted by molar-refractivity contribution is 5.80. The molecule has 4 nitrogen and oxygen atoms in total. The molecule has 0 aliphatic heterocycles. The second-order valence-corrected chi connectivity index (χ2v) is 3.23. The summed E-state index contributed by atoms with van der Waals surface area (Å²) in [4.78, 5) is 21.0. The molecule has 6 heteroatoms. The molecule has 2 N–H and O–H groups in total. The predicted molar refractivity (Wildman–Crippen MR) is 45.0 cm³/mol. The molecule has 0 radical (unpaired) electrons. The summed E-state index contributed by atoms with van der Waals surface area (Å²) in [5.74, 6) is -3.59. The molecule has 1 amide bonds. The van der Waals surface area contributed by atoms with Gasteiger partial charge >= 0.3 is 12.4 Å². The largest absolute Gasteiger partial charge is 0.481 e. The summed E-state index contributed by atoms with van der Waals surface area (Å²) in [6, 6.07) is 0. The molecule has 0 saturated carbocycles. The van der Waals surface area contributed by atoms with Crippen LogP contribution in [-0.4, -0.2) is 30.0 Å². The summed E-state index contributed by atoms with van der Waals surface area (Å²) in [6.07, 6.45) is -3.10. The number of rotatable bonds is 5. The van der Waals surface area contributed by atoms with Crippen molar-refractivity contribution in [1.29, 1.82) is 0 Å². The third kappa shape index (κ3) is 4.15. The van der Waals surface area contributed by atoms with Gasteiger partial charge in [-0.3, -0.25) is 9.59 Å². The van der Waals surface area contributed by atoms with E-state index in [1.165, 1.54) is 0 Å². The van der Waals surface area contributed by atoms with Gasteiger partial charge in [0.05, 0.1) is 5.92 Å². The fraction of sp³-hybridized carbons (Fsp3) is 0.750. The monoisotopic (exact) mass is 209 g/mol. The molecule has 1 atom stereocenters. The molecular weight excluding hydrogens is 196 g/mol. The first-order valence-corrected chi connectivity index (χ1v) is 4.15. The zero-order valence-corrected chi connectivity index (χ0v) is 7.96. The van der Waals surface area contributed by atoms with Crippen molar-refractivity contribution in [2.75, 3.05) is 6.54 Å². The van der Waals surface area contributed by atoms with E-state index in [2.05, 4.69) is 0 Å². The number of aliphatic carboxylic acids is 1. The Morgan fingerprint density at radius 1 is 1.36 bits per heavy atom. The summed E-state index contributed by atoms with van der Waals surface area (Å²) < 4.78 is 23.4. The topological polar surface area (TPSA) is 66.4 Å². The Kier molecular flexibility index (Phi) is 5.04. The van der Waals surface area contributed by atoms with Gasteiger partial charge in [-0.2, -0.15) is 8.78 Å². The lowest BCUT2D eigenvalue weighted by molar-refractivity contribution is -0.143. The van der Waals surface area contributed by atoms with Gasteiger partial charge in [-0.15, -0.1) is 0 Å². The Morgan fingerprint density at radius 3 is 2.14 bits per heavy atom. The van der Waals surface area contributed by atoms with E-state index in [4.69, 9.17) is 5.11 Å². The molecule has 0 aromatic heterocycles. The Balaban J connectivity index is 4.08. The van der Waals surface area contributed by atoms with Crippen LogP contribution in [-0.2, 0) is 9.59 Å². The normalized spacial score (nSPS) is 13.0. The predicted octanol–water partition coefficient (Wildman–Crippen LogP) is 0.724. The molecule has 0 bridgehead atoms. The molecular formula is C8H13F2NO3. The Labute approximate surface area is 80.3 Å². The van der Waals surface area contributed by atoms with Crippen molar-refractivity contribution < 1.29 is 23.5 Å². The molecule has 82 valence electrons. The standard InChI is InChI=1S/C8H13F2NO3/c1-4(2)5(8(13)14)3-11-7(12)6(9)10/h4-6H,3H2,1-2H3,(H,11,12)(H,13,14). The molecule has 0 spiro atoms. The van der Waals surface area contributed by atoms with Crippen molar-refractivity contribution in [3.8, 4) is 0 Å². The summed E-state index contributed by atoms with van der Waals surface area (Å²) in [7, 11) is 0. The maximum Gasteiger partial charge on any atom is 0.315 e. The maximum atomic E-state index is 11.7. The Bertz CT molecular complexity index is 219. The Hall–Kier alpha value is -1.20. The van der Waals surface area contributed by atoms with Gasteiger partial charge < -0.3 is 10.4 Å². The lowest BCUT2D eigenvalue weighted by Crippen LogP contribution is -2.38. The number of halogens is 2. The van der Waals surface area contributed by atoms with Gasteiger partial charge in [-0.25, -0.2) is 0 Å². The second-order valence-electron chi connectivity index (χ2n) is 3.23. The number of nitrogens with one attached hydrogen (secondary N) is 1. The molecule has 0 aliphatic rings. The minimum Gasteiger partial charge on any atom is -0.481 e. The number of hydrogen-bond acceptors (Lipinski definition) is 2. The third-order valence-electron chi connectivity index (χ3n) is 1.82. The lowest BCUT2D eigenvalue weighted by Gasteiger charge is -2.16. The first-order chi connectivity index (χ1) is 6.36. The van der Waals surface area contributed by atoms with Crippen molar-refractivity contribution >= 4 is 11.9 Å². The van der Waals surface area contributed by atoms with Crippen molar-refractivity contribution in [2.24, 2.45) is 11.8 Å². The van der Waals surface area contributed by atoms with Crippen LogP contribution >= 0.6 is 0 Å². The van der Waals surface area contributed by atoms with Gasteiger partial charge in [0, 0.05) is 6.54 Å². The number of hydrogen-bond donors (Lipinski definition) is 2. The van der Waals surface area contributed by atoms with Crippen molar-refractivity contribution in [3.05, 3.63) is 0 Å². The first kappa shape index (κ1) is 12.8. The van der Waals surface area contributed by atoms with Crippen molar-refractivity contribution in [3.63, 3.8) is 0 Å². The highest BCUT2D eigenvalue weighted by Gasteiger charge is 2.23. The molecule has 0 aromatic rings. The number of carbonyl (C=O) groups is 2. The lowest BCUT2D eigenvalue weighted by atomic mass is 9.96. The zero-order chi connectivity index (χ0) is 11.3. The van der Waals surface area contributed by atoms with E-state index < -0.39 is 24.2 Å². The first-order valence-electron chi connectivity index (χ1n) is 4.15. The number of carboxylic acids is 1. The van der Waals surface area contributed by atoms with Crippen molar-refractivity contribution in [2.45, 2.75) is 20.3 Å². The fourth-order valence-corrected chi connectivity index (χ4v) is 0.896. The smallest absolute Gasteiger partial charge is 0.315 e. The van der Waals surface area contributed by atoms with Gasteiger partial charge in [0.1, 0.15) is 0 Å². The molecule has 14 heavy (non-hydrogen) atoms. The molecule has 0 rings (SSSR count). The minimum atomic E-state index is -3.10. The van der Waals surface area contributed by atoms with Gasteiger partial charge in [-0.05, 0) is 5.92 Å². The van der Waals surface area contributed by atoms with Crippen molar-refractivity contribution in [1.82, 2.24) is 5.32 Å². The van der Waals surface area contributed by atoms with E-state index in [0.29, 0.717) is 0 Å². The third-order valence-corrected chi connectivity index (χ3v) is 1.82. The molecule has 0 fully saturated rings. The molecule has 1 unspecified atom stereocenters. The van der Waals surface area contributed by atoms with Crippen LogP contribution in [0.3, 0.4) is 0 Å². The Morgan fingerprint density at radius 2 is 1.86 bits per heavy atom. The van der Waals surface area contributed by atoms with Gasteiger partial charge in [0.25, 0.3) is 5.91 Å². The van der Waals surface area contributed by atoms with Crippen LogP contribution in [0.15, 0.2) is 0 Å². The molecule has 0 aliphatic carbocycles. The van der Waals surface area contributed by atoms with Crippen LogP contribution in [0.5, 0.6) is 0 Å². The van der Waals surface area contributed by atoms with Gasteiger partial charge in [0.2, 0.25) is 0 Å². The summed E-state index contributed by atoms with van der Waals surface area (Å²) in [5, 5.41) is 10.5. The van der Waals surface area contributed by atoms with E-state index in [1.54, 1.807) is 13.8 Å². The number of amides is 1. The van der Waals surface area contributed by atoms with E-state index >= 15 is 0 Å². The number of carboxylic acid groups (broad SMARTS) is 1. The average Bonchev–Trinajstić information content (AvgIpc) is 2.02. The van der Waals surface area contributed by atoms with Crippen LogP contribution in [0, 0.1) is 11.8 Å². The SMILES string of the molecule is CC(C)C(CNC(=O)C(F)F)C(=O)O. The van der Waals surface area contributed by atoms with Gasteiger partial charge in [0.15, 0.2) is 0 Å². The minimum absolute atomic E-state index is 0.217. The van der Waals surface area contributed by atoms with E-state index in [1.807, 2.05) is 5.32 Å². The second kappa shape index (κ2) is 5.51. The molecule has 0 heterocycles. The molecule has 0 saturated heterocycles. The summed E-state index contributed by atoms with van der Waals surface area (Å²) in [5.41, 5.74) is 0. The van der Waals surface area contributed by atoms with E-state index in [9.17, 15) is 18.4 Å². The van der Waals surface area contributed by atoms with Crippen LogP contribution in [0.25, 0.3) is 0 Å². The van der Waals surface area contributed by atoms with Crippen LogP contribution in [0.1, 0.15) is 13.8 Å². The van der Waals surface area contributed by atoms with Crippen LogP contribution in [0.2, 0.25) is 0 Å². The summed E-state index contributed by atoms with van der Waals surface area (Å²) >= 11 is 0. The number of alkyl halides is 2. The fourth-order valence-electron chi connectivity index (χ4n) is 0.896. The van der Waals surface area contributed by atoms with E-state index in [-0.39, 0.29) is 12.5 Å². The number of carbonyl (C=O) groups excluding carboxylic acids is 1. The average molecular weight is 209 g/mol. The van der Waals surface area contributed by atoms with Crippen LogP contribution < -0.4 is 5.32 Å². The highest BCUT2D eigenvalue weighted by Crippen LogP contribution is 2.09. The molecule has 0 aromatic carbocycles. The quantitative estimate of drug-likeness (QED) is 0.701. The summed E-state index contributed by atoms with van der Waals surface area (Å²) in [6.45, 7) is 3.02. The maximum absolute atomic E-state index is 11.7. The van der Waals surface area contributed by atoms with Crippen LogP contribution in [0.4, 0.5) is 8.78 Å². The highest BCUT2D eigenvalue weighted by atomic mass is 19.3. The van der Waals surface area contributed by atoms with E-state index in [0.717, 1.165) is 0 Å². The van der Waals surface area contributed by atoms with Gasteiger partial charge in [-0.1, -0.05) is 13.8 Å².